The van der Waals surface area contributed by atoms with Gasteiger partial charge >= 0.3 is 0 Å². The number of benzene rings is 4. The molecule has 0 unspecified atom stereocenters. The van der Waals surface area contributed by atoms with Gasteiger partial charge in [0.15, 0.2) is 0 Å². The molecule has 1 heterocycles. The second-order valence-electron chi connectivity index (χ2n) is 9.39. The van der Waals surface area contributed by atoms with E-state index in [0.717, 1.165) is 44.8 Å². The molecule has 0 spiro atoms. The number of nitrogens with zero attached hydrogens (tertiary/aromatic N) is 2. The minimum absolute atomic E-state index is 0.872. The fraction of sp³-hybridized carbons (Fsp3) is 0.0556. The van der Waals surface area contributed by atoms with Crippen LogP contribution in [-0.2, 0) is 0 Å². The zero-order valence-corrected chi connectivity index (χ0v) is 21.8. The molecule has 0 aliphatic heterocycles. The van der Waals surface area contributed by atoms with Gasteiger partial charge in [-0.1, -0.05) is 115 Å². The van der Waals surface area contributed by atoms with E-state index in [-0.39, 0.29) is 0 Å². The normalized spacial score (nSPS) is 11.8. The lowest BCUT2D eigenvalue weighted by Gasteiger charge is -2.10. The quantitative estimate of drug-likeness (QED) is 0.165. The van der Waals surface area contributed by atoms with E-state index in [0.29, 0.717) is 0 Å². The maximum absolute atomic E-state index is 5.15. The molecule has 0 amide bonds. The van der Waals surface area contributed by atoms with Gasteiger partial charge in [-0.25, -0.2) is 0 Å². The lowest BCUT2D eigenvalue weighted by atomic mass is 9.99. The van der Waals surface area contributed by atoms with Crippen molar-refractivity contribution in [3.63, 3.8) is 0 Å². The highest BCUT2D eigenvalue weighted by Crippen LogP contribution is 2.27. The van der Waals surface area contributed by atoms with Crippen molar-refractivity contribution in [1.29, 1.82) is 0 Å². The van der Waals surface area contributed by atoms with Gasteiger partial charge in [-0.3, -0.25) is 9.98 Å². The van der Waals surface area contributed by atoms with Gasteiger partial charge in [0.2, 0.25) is 0 Å². The first kappa shape index (κ1) is 24.9. The standard InChI is InChI=1S/C36H30N2/c1-26-10-7-13-32(22-26)27(2)23-36(31-19-17-30(18-20-31)35-16-9-21-37-25-35)38-28(3)33-14-8-15-34(24-33)29-11-5-4-6-12-29/h4-25H,2H2,1,3H3/b36-23-,38-28?. The summed E-state index contributed by atoms with van der Waals surface area (Å²) in [6.07, 6.45) is 5.76. The fourth-order valence-electron chi connectivity index (χ4n) is 4.44. The topological polar surface area (TPSA) is 25.2 Å². The molecule has 0 aliphatic rings. The van der Waals surface area contributed by atoms with Crippen molar-refractivity contribution >= 4 is 17.0 Å². The Morgan fingerprint density at radius 2 is 1.34 bits per heavy atom. The molecule has 0 saturated heterocycles. The van der Waals surface area contributed by atoms with E-state index < -0.39 is 0 Å². The van der Waals surface area contributed by atoms with Crippen molar-refractivity contribution in [2.45, 2.75) is 13.8 Å². The molecular weight excluding hydrogens is 460 g/mol. The molecule has 0 radical (unpaired) electrons. The lowest BCUT2D eigenvalue weighted by molar-refractivity contribution is 1.33. The van der Waals surface area contributed by atoms with E-state index in [4.69, 9.17) is 4.99 Å². The molecule has 5 aromatic rings. The number of rotatable bonds is 7. The predicted molar refractivity (Wildman–Crippen MR) is 162 cm³/mol. The number of aromatic nitrogens is 1. The van der Waals surface area contributed by atoms with E-state index in [1.807, 2.05) is 18.3 Å². The molecule has 4 aromatic carbocycles. The summed E-state index contributed by atoms with van der Waals surface area (Å²) in [5.41, 5.74) is 11.7. The van der Waals surface area contributed by atoms with Gasteiger partial charge in [0.05, 0.1) is 5.70 Å². The van der Waals surface area contributed by atoms with Gasteiger partial charge in [-0.05, 0) is 71.0 Å². The van der Waals surface area contributed by atoms with Crippen LogP contribution in [0, 0.1) is 6.92 Å². The van der Waals surface area contributed by atoms with Gasteiger partial charge in [-0.15, -0.1) is 0 Å². The Morgan fingerprint density at radius 3 is 2.08 bits per heavy atom. The molecule has 0 atom stereocenters. The molecule has 0 aliphatic carbocycles. The Bertz CT molecular complexity index is 1610. The Balaban J connectivity index is 1.54. The van der Waals surface area contributed by atoms with Crippen LogP contribution in [0.3, 0.4) is 0 Å². The van der Waals surface area contributed by atoms with Gasteiger partial charge in [-0.2, -0.15) is 0 Å². The van der Waals surface area contributed by atoms with Crippen LogP contribution in [0.25, 0.3) is 33.5 Å². The molecule has 2 nitrogen and oxygen atoms in total. The zero-order chi connectivity index (χ0) is 26.3. The summed E-state index contributed by atoms with van der Waals surface area (Å²) in [5.74, 6) is 0. The lowest BCUT2D eigenvalue weighted by Crippen LogP contribution is -1.97. The molecule has 0 fully saturated rings. The third-order valence-corrected chi connectivity index (χ3v) is 6.55. The number of hydrogen-bond acceptors (Lipinski definition) is 2. The summed E-state index contributed by atoms with van der Waals surface area (Å²) >= 11 is 0. The Morgan fingerprint density at radius 1 is 0.658 bits per heavy atom. The van der Waals surface area contributed by atoms with Crippen molar-refractivity contribution in [1.82, 2.24) is 4.98 Å². The Kier molecular flexibility index (Phi) is 7.52. The van der Waals surface area contributed by atoms with Crippen molar-refractivity contribution in [3.8, 4) is 22.3 Å². The first-order chi connectivity index (χ1) is 18.6. The smallest absolute Gasteiger partial charge is 0.0711 e. The summed E-state index contributed by atoms with van der Waals surface area (Å²) in [6, 6.07) is 39.9. The summed E-state index contributed by atoms with van der Waals surface area (Å²) in [4.78, 5) is 9.40. The average Bonchev–Trinajstić information content (AvgIpc) is 2.98. The first-order valence-corrected chi connectivity index (χ1v) is 12.8. The highest BCUT2D eigenvalue weighted by molar-refractivity contribution is 6.03. The van der Waals surface area contributed by atoms with Crippen molar-refractivity contribution in [2.75, 3.05) is 0 Å². The predicted octanol–water partition coefficient (Wildman–Crippen LogP) is 9.29. The molecule has 38 heavy (non-hydrogen) atoms. The van der Waals surface area contributed by atoms with Gasteiger partial charge in [0, 0.05) is 23.7 Å². The summed E-state index contributed by atoms with van der Waals surface area (Å²) in [6.45, 7) is 8.54. The minimum atomic E-state index is 0.872. The number of aliphatic imine (C=N–C) groups is 1. The molecule has 2 heteroatoms. The molecule has 1 aromatic heterocycles. The SMILES string of the molecule is C=C(/C=C(\N=C(C)c1cccc(-c2ccccc2)c1)c1ccc(-c2cccnc2)cc1)c1cccc(C)c1. The number of aryl methyl sites for hydroxylation is 1. The molecular formula is C36H30N2. The van der Waals surface area contributed by atoms with Crippen molar-refractivity contribution < 1.29 is 0 Å². The third-order valence-electron chi connectivity index (χ3n) is 6.55. The van der Waals surface area contributed by atoms with Crippen LogP contribution in [-0.4, -0.2) is 10.7 Å². The van der Waals surface area contributed by atoms with E-state index in [1.165, 1.54) is 16.7 Å². The van der Waals surface area contributed by atoms with Crippen LogP contribution >= 0.6 is 0 Å². The minimum Gasteiger partial charge on any atom is -0.264 e. The van der Waals surface area contributed by atoms with E-state index in [1.54, 1.807) is 6.20 Å². The maximum Gasteiger partial charge on any atom is 0.0711 e. The molecule has 0 N–H and O–H groups in total. The molecule has 0 saturated carbocycles. The van der Waals surface area contributed by atoms with E-state index in [2.05, 4.69) is 135 Å². The van der Waals surface area contributed by atoms with Crippen LogP contribution in [0.15, 0.2) is 145 Å². The van der Waals surface area contributed by atoms with Crippen LogP contribution in [0.4, 0.5) is 0 Å². The van der Waals surface area contributed by atoms with Gasteiger partial charge in [0.25, 0.3) is 0 Å². The highest BCUT2D eigenvalue weighted by Gasteiger charge is 2.08. The largest absolute Gasteiger partial charge is 0.264 e. The van der Waals surface area contributed by atoms with Gasteiger partial charge < -0.3 is 0 Å². The van der Waals surface area contributed by atoms with Crippen LogP contribution in [0.1, 0.15) is 29.2 Å². The second kappa shape index (κ2) is 11.5. The van der Waals surface area contributed by atoms with Crippen molar-refractivity contribution in [2.24, 2.45) is 4.99 Å². The first-order valence-electron chi connectivity index (χ1n) is 12.8. The fourth-order valence-corrected chi connectivity index (χ4v) is 4.44. The third kappa shape index (κ3) is 5.93. The van der Waals surface area contributed by atoms with Crippen molar-refractivity contribution in [3.05, 3.63) is 163 Å². The Labute approximate surface area is 225 Å². The number of hydrogen-bond donors (Lipinski definition) is 0. The summed E-state index contributed by atoms with van der Waals surface area (Å²) in [7, 11) is 0. The monoisotopic (exact) mass is 490 g/mol. The maximum atomic E-state index is 5.15. The average molecular weight is 491 g/mol. The van der Waals surface area contributed by atoms with Gasteiger partial charge in [0.1, 0.15) is 0 Å². The van der Waals surface area contributed by atoms with Crippen LogP contribution in [0.5, 0.6) is 0 Å². The molecule has 5 rings (SSSR count). The van der Waals surface area contributed by atoms with Crippen LogP contribution in [0.2, 0.25) is 0 Å². The molecule has 0 bridgehead atoms. The van der Waals surface area contributed by atoms with E-state index in [9.17, 15) is 0 Å². The number of allylic oxidation sites excluding steroid dienone is 2. The highest BCUT2D eigenvalue weighted by atomic mass is 14.8. The molecule has 184 valence electrons. The Hall–Kier alpha value is -4.82. The number of pyridine rings is 1. The summed E-state index contributed by atoms with van der Waals surface area (Å²) in [5, 5.41) is 0. The summed E-state index contributed by atoms with van der Waals surface area (Å²) < 4.78 is 0. The van der Waals surface area contributed by atoms with Crippen LogP contribution < -0.4 is 0 Å². The van der Waals surface area contributed by atoms with E-state index >= 15 is 0 Å². The zero-order valence-electron chi connectivity index (χ0n) is 21.8. The second-order valence-corrected chi connectivity index (χ2v) is 9.39.